The van der Waals surface area contributed by atoms with E-state index in [0.29, 0.717) is 28.3 Å². The number of carbonyl (C=O) groups excluding carboxylic acids is 5. The van der Waals surface area contributed by atoms with E-state index in [9.17, 15) is 24.0 Å². The molecule has 11 nitrogen and oxygen atoms in total. The summed E-state index contributed by atoms with van der Waals surface area (Å²) in [7, 11) is 1.58. The SMILES string of the molecule is COc1ccc(N2C(=O)c3cc(CN4C(=O)c5ccc(NC(=O)C(N)=O)cc5C4=O)ccc3C2C)cc1OC(C)CCc1ccccc1. The highest BCUT2D eigenvalue weighted by atomic mass is 16.5. The van der Waals surface area contributed by atoms with E-state index in [2.05, 4.69) is 17.4 Å². The maximum atomic E-state index is 13.9. The molecule has 0 fully saturated rings. The molecule has 0 saturated heterocycles. The van der Waals surface area contributed by atoms with E-state index in [0.717, 1.165) is 23.3 Å². The number of imide groups is 1. The van der Waals surface area contributed by atoms with Crippen LogP contribution >= 0.6 is 0 Å². The Morgan fingerprint density at radius 1 is 0.833 bits per heavy atom. The minimum Gasteiger partial charge on any atom is -0.493 e. The average molecular weight is 647 g/mol. The van der Waals surface area contributed by atoms with Gasteiger partial charge >= 0.3 is 11.8 Å². The molecule has 0 aromatic heterocycles. The summed E-state index contributed by atoms with van der Waals surface area (Å²) in [6.07, 6.45) is 1.55. The molecule has 2 unspecified atom stereocenters. The zero-order valence-electron chi connectivity index (χ0n) is 26.7. The third kappa shape index (κ3) is 6.09. The zero-order valence-corrected chi connectivity index (χ0v) is 26.7. The van der Waals surface area contributed by atoms with Crippen molar-refractivity contribution in [3.8, 4) is 11.5 Å². The van der Waals surface area contributed by atoms with E-state index in [1.807, 2.05) is 50.2 Å². The van der Waals surface area contributed by atoms with E-state index in [4.69, 9.17) is 15.2 Å². The van der Waals surface area contributed by atoms with Crippen molar-refractivity contribution < 1.29 is 33.4 Å². The van der Waals surface area contributed by atoms with Crippen LogP contribution in [0.1, 0.15) is 74.1 Å². The largest absolute Gasteiger partial charge is 0.493 e. The van der Waals surface area contributed by atoms with Crippen LogP contribution in [0.4, 0.5) is 11.4 Å². The zero-order chi connectivity index (χ0) is 34.1. The minimum absolute atomic E-state index is 0.0638. The number of amides is 5. The maximum Gasteiger partial charge on any atom is 0.313 e. The third-order valence-corrected chi connectivity index (χ3v) is 8.63. The van der Waals surface area contributed by atoms with Gasteiger partial charge in [-0.2, -0.15) is 0 Å². The fourth-order valence-electron chi connectivity index (χ4n) is 6.12. The van der Waals surface area contributed by atoms with Crippen LogP contribution < -0.4 is 25.4 Å². The van der Waals surface area contributed by atoms with Gasteiger partial charge in [0.25, 0.3) is 17.7 Å². The fourth-order valence-corrected chi connectivity index (χ4v) is 6.12. The molecule has 2 aliphatic heterocycles. The highest BCUT2D eigenvalue weighted by Gasteiger charge is 2.38. The van der Waals surface area contributed by atoms with Crippen LogP contribution in [0, 0.1) is 0 Å². The van der Waals surface area contributed by atoms with Gasteiger partial charge in [0.2, 0.25) is 0 Å². The Bertz CT molecular complexity index is 1960. The monoisotopic (exact) mass is 646 g/mol. The van der Waals surface area contributed by atoms with Crippen molar-refractivity contribution in [3.05, 3.63) is 118 Å². The quantitative estimate of drug-likeness (QED) is 0.181. The summed E-state index contributed by atoms with van der Waals surface area (Å²) in [6.45, 7) is 3.88. The van der Waals surface area contributed by atoms with Crippen molar-refractivity contribution >= 4 is 40.9 Å². The van der Waals surface area contributed by atoms with Crippen molar-refractivity contribution in [3.63, 3.8) is 0 Å². The van der Waals surface area contributed by atoms with Crippen LogP contribution in [0.2, 0.25) is 0 Å². The molecule has 48 heavy (non-hydrogen) atoms. The lowest BCUT2D eigenvalue weighted by Gasteiger charge is -2.24. The molecule has 244 valence electrons. The van der Waals surface area contributed by atoms with Gasteiger partial charge in [-0.15, -0.1) is 0 Å². The number of nitrogens with one attached hydrogen (secondary N) is 1. The number of anilines is 2. The van der Waals surface area contributed by atoms with Gasteiger partial charge in [0.1, 0.15) is 0 Å². The number of nitrogens with two attached hydrogens (primary N) is 1. The van der Waals surface area contributed by atoms with E-state index in [-0.39, 0.29) is 41.4 Å². The minimum atomic E-state index is -1.18. The van der Waals surface area contributed by atoms with Gasteiger partial charge in [0, 0.05) is 23.0 Å². The molecule has 0 aliphatic carbocycles. The molecule has 2 atom stereocenters. The predicted octanol–water partition coefficient (Wildman–Crippen LogP) is 5.04. The van der Waals surface area contributed by atoms with Gasteiger partial charge in [-0.3, -0.25) is 28.9 Å². The van der Waals surface area contributed by atoms with Crippen molar-refractivity contribution in [1.29, 1.82) is 0 Å². The van der Waals surface area contributed by atoms with Crippen LogP contribution in [0.15, 0.2) is 84.9 Å². The van der Waals surface area contributed by atoms with Gasteiger partial charge in [0.05, 0.1) is 36.9 Å². The lowest BCUT2D eigenvalue weighted by Crippen LogP contribution is -2.29. The normalized spacial score (nSPS) is 15.6. The highest BCUT2D eigenvalue weighted by Crippen LogP contribution is 2.41. The smallest absolute Gasteiger partial charge is 0.313 e. The Hall–Kier alpha value is -5.97. The van der Waals surface area contributed by atoms with Gasteiger partial charge < -0.3 is 25.4 Å². The summed E-state index contributed by atoms with van der Waals surface area (Å²) in [6, 6.07) is 24.8. The second kappa shape index (κ2) is 13.0. The summed E-state index contributed by atoms with van der Waals surface area (Å²) >= 11 is 0. The number of hydrogen-bond acceptors (Lipinski definition) is 7. The van der Waals surface area contributed by atoms with E-state index >= 15 is 0 Å². The molecule has 2 aliphatic rings. The second-order valence-corrected chi connectivity index (χ2v) is 11.8. The van der Waals surface area contributed by atoms with E-state index in [1.54, 1.807) is 30.2 Å². The van der Waals surface area contributed by atoms with E-state index in [1.165, 1.54) is 23.8 Å². The third-order valence-electron chi connectivity index (χ3n) is 8.63. The number of fused-ring (bicyclic) bond motifs is 2. The van der Waals surface area contributed by atoms with E-state index < -0.39 is 23.6 Å². The first-order chi connectivity index (χ1) is 23.0. The summed E-state index contributed by atoms with van der Waals surface area (Å²) in [5.41, 5.74) is 9.18. The molecule has 0 spiro atoms. The summed E-state index contributed by atoms with van der Waals surface area (Å²) in [5, 5.41) is 2.30. The Morgan fingerprint density at radius 3 is 2.31 bits per heavy atom. The maximum absolute atomic E-state index is 13.9. The molecule has 0 bridgehead atoms. The van der Waals surface area contributed by atoms with Gasteiger partial charge in [-0.25, -0.2) is 0 Å². The molecule has 2 heterocycles. The fraction of sp³-hybridized carbons (Fsp3) is 0.216. The highest BCUT2D eigenvalue weighted by molar-refractivity contribution is 6.39. The van der Waals surface area contributed by atoms with Crippen molar-refractivity contribution in [2.24, 2.45) is 5.73 Å². The van der Waals surface area contributed by atoms with Gasteiger partial charge in [-0.05, 0) is 79.8 Å². The lowest BCUT2D eigenvalue weighted by molar-refractivity contribution is -0.134. The van der Waals surface area contributed by atoms with Gasteiger partial charge in [-0.1, -0.05) is 42.5 Å². The molecule has 4 aromatic carbocycles. The Balaban J connectivity index is 1.18. The Labute approximate surface area is 277 Å². The average Bonchev–Trinajstić information content (AvgIpc) is 3.47. The molecular weight excluding hydrogens is 612 g/mol. The first-order valence-electron chi connectivity index (χ1n) is 15.5. The first kappa shape index (κ1) is 32.0. The molecule has 0 radical (unpaired) electrons. The predicted molar refractivity (Wildman–Crippen MR) is 178 cm³/mol. The topological polar surface area (TPSA) is 148 Å². The molecule has 5 amide bonds. The molecule has 0 saturated carbocycles. The van der Waals surface area contributed by atoms with Crippen LogP contribution in [0.25, 0.3) is 0 Å². The summed E-state index contributed by atoms with van der Waals surface area (Å²) in [5.74, 6) is -2.40. The van der Waals surface area contributed by atoms with Crippen molar-refractivity contribution in [1.82, 2.24) is 4.90 Å². The molecule has 4 aromatic rings. The number of benzene rings is 4. The van der Waals surface area contributed by atoms with Crippen molar-refractivity contribution in [2.75, 3.05) is 17.3 Å². The van der Waals surface area contributed by atoms with Crippen LogP contribution in [-0.4, -0.2) is 47.6 Å². The first-order valence-corrected chi connectivity index (χ1v) is 15.5. The van der Waals surface area contributed by atoms with Gasteiger partial charge in [0.15, 0.2) is 11.5 Å². The number of carbonyl (C=O) groups is 5. The number of aryl methyl sites for hydroxylation is 1. The summed E-state index contributed by atoms with van der Waals surface area (Å²) in [4.78, 5) is 65.9. The number of rotatable bonds is 10. The molecule has 11 heteroatoms. The number of ether oxygens (including phenoxy) is 2. The molecule has 3 N–H and O–H groups in total. The number of nitrogens with zero attached hydrogens (tertiary/aromatic N) is 2. The van der Waals surface area contributed by atoms with Crippen LogP contribution in [-0.2, 0) is 22.6 Å². The Morgan fingerprint density at radius 2 is 1.58 bits per heavy atom. The molecule has 6 rings (SSSR count). The van der Waals surface area contributed by atoms with Crippen LogP contribution in [0.3, 0.4) is 0 Å². The Kier molecular flexibility index (Phi) is 8.68. The van der Waals surface area contributed by atoms with Crippen molar-refractivity contribution in [2.45, 2.75) is 45.4 Å². The van der Waals surface area contributed by atoms with Crippen LogP contribution in [0.5, 0.6) is 11.5 Å². The lowest BCUT2D eigenvalue weighted by atomic mass is 10.0. The molecular formula is C37H34N4O7. The second-order valence-electron chi connectivity index (χ2n) is 11.8. The standard InChI is InChI=1S/C37H34N4O7/c1-21(9-10-23-7-5-4-6-8-23)48-32-19-26(13-16-31(32)47-3)41-22(2)27-14-11-24(17-29(27)37(41)46)20-40-35(44)28-15-12-25(18-30(28)36(40)45)39-34(43)33(38)42/h4-8,11-19,21-22H,9-10,20H2,1-3H3,(H2,38,42)(H,39,43). The summed E-state index contributed by atoms with van der Waals surface area (Å²) < 4.78 is 11.9. The number of methoxy groups -OCH3 is 1. The number of hydrogen-bond donors (Lipinski definition) is 2. The number of primary amides is 1.